The highest BCUT2D eigenvalue weighted by atomic mass is 19.1. The highest BCUT2D eigenvalue weighted by Crippen LogP contribution is 2.23. The Morgan fingerprint density at radius 1 is 0.581 bits per heavy atom. The van der Waals surface area contributed by atoms with Crippen LogP contribution in [0.1, 0.15) is 49.3 Å². The van der Waals surface area contributed by atoms with Crippen molar-refractivity contribution in [2.75, 3.05) is 0 Å². The maximum Gasteiger partial charge on any atom is 0.120 e. The summed E-state index contributed by atoms with van der Waals surface area (Å²) < 4.78 is 43.7. The van der Waals surface area contributed by atoms with Crippen molar-refractivity contribution in [1.29, 1.82) is 0 Å². The van der Waals surface area contributed by atoms with Gasteiger partial charge in [0.1, 0.15) is 17.5 Å². The SMILES string of the molecule is CCCCCC[B-](c1cc(F)ccc1C)(c1cc(F)ccc1C)c1cc(F)ccc1C. The third kappa shape index (κ3) is 4.73. The molecule has 0 heterocycles. The fraction of sp³-hybridized carbons (Fsp3) is 0.333. The van der Waals surface area contributed by atoms with Crippen molar-refractivity contribution in [2.24, 2.45) is 0 Å². The van der Waals surface area contributed by atoms with Gasteiger partial charge in [-0.25, -0.2) is 13.2 Å². The number of hydrogen-bond donors (Lipinski definition) is 0. The molecular formula is C27H31BF3-. The Bertz CT molecular complexity index is 933. The predicted octanol–water partition coefficient (Wildman–Crippen LogP) is 6.08. The van der Waals surface area contributed by atoms with Crippen LogP contribution in [0.25, 0.3) is 0 Å². The van der Waals surface area contributed by atoms with E-state index in [2.05, 4.69) is 6.92 Å². The first-order valence-electron chi connectivity index (χ1n) is 11.3. The molecule has 0 unspecified atom stereocenters. The number of rotatable bonds is 8. The molecule has 0 radical (unpaired) electrons. The van der Waals surface area contributed by atoms with E-state index < -0.39 is 6.15 Å². The van der Waals surface area contributed by atoms with E-state index in [-0.39, 0.29) is 17.5 Å². The number of aryl methyl sites for hydroxylation is 3. The van der Waals surface area contributed by atoms with Gasteiger partial charge in [-0.3, -0.25) is 0 Å². The lowest BCUT2D eigenvalue weighted by molar-refractivity contribution is 0.628. The first-order chi connectivity index (χ1) is 14.8. The maximum absolute atomic E-state index is 14.6. The Balaban J connectivity index is 2.41. The average molecular weight is 423 g/mol. The van der Waals surface area contributed by atoms with Crippen molar-refractivity contribution in [3.63, 3.8) is 0 Å². The monoisotopic (exact) mass is 423 g/mol. The Kier molecular flexibility index (Phi) is 7.30. The summed E-state index contributed by atoms with van der Waals surface area (Å²) >= 11 is 0. The van der Waals surface area contributed by atoms with Gasteiger partial charge < -0.3 is 0 Å². The lowest BCUT2D eigenvalue weighted by Gasteiger charge is -2.46. The third-order valence-electron chi connectivity index (χ3n) is 6.81. The minimum Gasteiger partial charge on any atom is -0.207 e. The van der Waals surface area contributed by atoms with Gasteiger partial charge in [0.2, 0.25) is 0 Å². The largest absolute Gasteiger partial charge is 0.207 e. The van der Waals surface area contributed by atoms with Gasteiger partial charge >= 0.3 is 0 Å². The third-order valence-corrected chi connectivity index (χ3v) is 6.81. The molecule has 0 aliphatic rings. The molecule has 0 nitrogen and oxygen atoms in total. The molecule has 0 fully saturated rings. The molecule has 31 heavy (non-hydrogen) atoms. The first kappa shape index (κ1) is 23.2. The quantitative estimate of drug-likeness (QED) is 0.304. The second-order valence-electron chi connectivity index (χ2n) is 8.90. The lowest BCUT2D eigenvalue weighted by atomic mass is 9.13. The molecule has 0 amide bonds. The molecule has 0 aliphatic heterocycles. The van der Waals surface area contributed by atoms with Gasteiger partial charge in [-0.1, -0.05) is 85.7 Å². The zero-order valence-corrected chi connectivity index (χ0v) is 18.9. The van der Waals surface area contributed by atoms with Crippen molar-refractivity contribution >= 4 is 22.5 Å². The van der Waals surface area contributed by atoms with Gasteiger partial charge in [0.15, 0.2) is 0 Å². The lowest BCUT2D eigenvalue weighted by Crippen LogP contribution is -2.69. The fourth-order valence-electron chi connectivity index (χ4n) is 5.27. The number of benzene rings is 3. The van der Waals surface area contributed by atoms with Crippen LogP contribution in [0.3, 0.4) is 0 Å². The molecule has 0 bridgehead atoms. The summed E-state index contributed by atoms with van der Waals surface area (Å²) in [5.74, 6) is -0.990. The summed E-state index contributed by atoms with van der Waals surface area (Å²) in [7, 11) is 0. The van der Waals surface area contributed by atoms with Crippen LogP contribution in [0, 0.1) is 38.2 Å². The Morgan fingerprint density at radius 3 is 1.32 bits per heavy atom. The summed E-state index contributed by atoms with van der Waals surface area (Å²) in [4.78, 5) is 0. The molecule has 0 saturated heterocycles. The summed E-state index contributed by atoms with van der Waals surface area (Å²) in [5.41, 5.74) is 5.30. The predicted molar refractivity (Wildman–Crippen MR) is 127 cm³/mol. The molecular weight excluding hydrogens is 392 g/mol. The Hall–Kier alpha value is -2.49. The van der Waals surface area contributed by atoms with E-state index in [9.17, 15) is 13.2 Å². The van der Waals surface area contributed by atoms with E-state index in [1.54, 1.807) is 36.4 Å². The first-order valence-corrected chi connectivity index (χ1v) is 11.3. The van der Waals surface area contributed by atoms with Crippen molar-refractivity contribution < 1.29 is 13.2 Å². The van der Waals surface area contributed by atoms with Gasteiger partial charge in [-0.05, 0) is 39.0 Å². The van der Waals surface area contributed by atoms with Crippen LogP contribution in [-0.2, 0) is 0 Å². The van der Waals surface area contributed by atoms with Crippen LogP contribution >= 0.6 is 0 Å². The van der Waals surface area contributed by atoms with Gasteiger partial charge in [0, 0.05) is 0 Å². The molecule has 0 aliphatic carbocycles. The van der Waals surface area contributed by atoms with E-state index in [0.29, 0.717) is 6.32 Å². The average Bonchev–Trinajstić information content (AvgIpc) is 2.74. The summed E-state index contributed by atoms with van der Waals surface area (Å²) in [6, 6.07) is 14.4. The molecule has 3 aromatic carbocycles. The second kappa shape index (κ2) is 9.76. The number of halogens is 3. The van der Waals surface area contributed by atoms with E-state index in [1.807, 2.05) is 20.8 Å². The van der Waals surface area contributed by atoms with Gasteiger partial charge in [0.05, 0.1) is 6.15 Å². The molecule has 3 aromatic rings. The summed E-state index contributed by atoms with van der Waals surface area (Å²) in [6.07, 6.45) is 3.04. The standard InChI is InChI=1S/C27H31BF3/c1-5-6-7-8-15-28(25-16-22(29)12-9-19(25)2,26-17-23(30)13-10-20(26)3)27-18-24(31)14-11-21(27)4/h9-14,16-18H,5-8,15H2,1-4H3/q-1. The maximum atomic E-state index is 14.6. The van der Waals surface area contributed by atoms with Crippen LogP contribution in [0.15, 0.2) is 54.6 Å². The minimum absolute atomic E-state index is 0.330. The molecule has 0 saturated carbocycles. The number of hydrogen-bond acceptors (Lipinski definition) is 0. The summed E-state index contributed by atoms with van der Waals surface area (Å²) in [6.45, 7) is 8.03. The van der Waals surface area contributed by atoms with Crippen molar-refractivity contribution in [3.05, 3.63) is 88.7 Å². The molecule has 0 spiro atoms. The van der Waals surface area contributed by atoms with E-state index in [1.165, 1.54) is 18.2 Å². The van der Waals surface area contributed by atoms with Gasteiger partial charge in [-0.2, -0.15) is 22.7 Å². The van der Waals surface area contributed by atoms with Crippen LogP contribution in [0.4, 0.5) is 13.2 Å². The molecule has 0 atom stereocenters. The van der Waals surface area contributed by atoms with E-state index in [0.717, 1.165) is 58.8 Å². The van der Waals surface area contributed by atoms with Crippen molar-refractivity contribution in [3.8, 4) is 0 Å². The molecule has 164 valence electrons. The molecule has 4 heteroatoms. The van der Waals surface area contributed by atoms with Gasteiger partial charge in [0.25, 0.3) is 0 Å². The highest BCUT2D eigenvalue weighted by Gasteiger charge is 2.33. The van der Waals surface area contributed by atoms with Crippen molar-refractivity contribution in [2.45, 2.75) is 59.7 Å². The topological polar surface area (TPSA) is 0 Å². The molecule has 0 aromatic heterocycles. The second-order valence-corrected chi connectivity index (χ2v) is 8.90. The van der Waals surface area contributed by atoms with Crippen LogP contribution in [-0.4, -0.2) is 6.15 Å². The van der Waals surface area contributed by atoms with Crippen LogP contribution in [0.2, 0.25) is 6.32 Å². The zero-order chi connectivity index (χ0) is 22.6. The minimum atomic E-state index is -1.78. The summed E-state index contributed by atoms with van der Waals surface area (Å²) in [5, 5.41) is 0. The van der Waals surface area contributed by atoms with Crippen LogP contribution in [0.5, 0.6) is 0 Å². The normalized spacial score (nSPS) is 11.7. The highest BCUT2D eigenvalue weighted by molar-refractivity contribution is 7.12. The smallest absolute Gasteiger partial charge is 0.120 e. The zero-order valence-electron chi connectivity index (χ0n) is 18.9. The Morgan fingerprint density at radius 2 is 0.968 bits per heavy atom. The molecule has 3 rings (SSSR count). The Labute approximate surface area is 184 Å². The molecule has 0 N–H and O–H groups in total. The van der Waals surface area contributed by atoms with Crippen LogP contribution < -0.4 is 16.4 Å². The van der Waals surface area contributed by atoms with E-state index >= 15 is 0 Å². The fourth-order valence-corrected chi connectivity index (χ4v) is 5.27. The van der Waals surface area contributed by atoms with Crippen molar-refractivity contribution in [1.82, 2.24) is 0 Å². The number of unbranched alkanes of at least 4 members (excludes halogenated alkanes) is 3. The van der Waals surface area contributed by atoms with Gasteiger partial charge in [-0.15, -0.1) is 0 Å². The van der Waals surface area contributed by atoms with E-state index in [4.69, 9.17) is 0 Å².